The summed E-state index contributed by atoms with van der Waals surface area (Å²) in [6.07, 6.45) is 8.62. The molecule has 1 rings (SSSR count). The predicted molar refractivity (Wildman–Crippen MR) is 58.8 cm³/mol. The second kappa shape index (κ2) is 6.76. The third-order valence-corrected chi connectivity index (χ3v) is 2.40. The van der Waals surface area contributed by atoms with Gasteiger partial charge in [-0.05, 0) is 18.6 Å². The fraction of sp³-hybridized carbons (Fsp3) is 0.800. The zero-order chi connectivity index (χ0) is 10.2. The van der Waals surface area contributed by atoms with Crippen LogP contribution in [-0.4, -0.2) is 10.2 Å². The average molecular weight is 214 g/mol. The first kappa shape index (κ1) is 11.4. The van der Waals surface area contributed by atoms with Crippen molar-refractivity contribution in [3.63, 3.8) is 0 Å². The van der Waals surface area contributed by atoms with Gasteiger partial charge in [-0.25, -0.2) is 5.10 Å². The van der Waals surface area contributed by atoms with Crippen molar-refractivity contribution in [3.05, 3.63) is 10.7 Å². The number of aromatic amines is 1. The monoisotopic (exact) mass is 214 g/mol. The standard InChI is InChI=1S/C10H18N2OS/c1-2-3-4-5-6-7-8-9-11-12-10(14)13-9/h2-8H2,1H3,(H,12,14). The highest BCUT2D eigenvalue weighted by Gasteiger charge is 1.98. The van der Waals surface area contributed by atoms with Crippen molar-refractivity contribution in [1.82, 2.24) is 10.2 Å². The number of rotatable bonds is 7. The van der Waals surface area contributed by atoms with Gasteiger partial charge in [-0.1, -0.05) is 39.0 Å². The zero-order valence-corrected chi connectivity index (χ0v) is 9.53. The molecule has 0 amide bonds. The van der Waals surface area contributed by atoms with Gasteiger partial charge in [0.2, 0.25) is 5.89 Å². The molecule has 0 aromatic carbocycles. The van der Waals surface area contributed by atoms with E-state index in [0.717, 1.165) is 18.7 Å². The summed E-state index contributed by atoms with van der Waals surface area (Å²) >= 11 is 4.78. The van der Waals surface area contributed by atoms with E-state index in [0.29, 0.717) is 4.84 Å². The van der Waals surface area contributed by atoms with Crippen molar-refractivity contribution in [3.8, 4) is 0 Å². The number of nitrogens with one attached hydrogen (secondary N) is 1. The van der Waals surface area contributed by atoms with E-state index < -0.39 is 0 Å². The third kappa shape index (κ3) is 4.56. The number of nitrogens with zero attached hydrogens (tertiary/aromatic N) is 1. The van der Waals surface area contributed by atoms with Gasteiger partial charge in [-0.3, -0.25) is 0 Å². The lowest BCUT2D eigenvalue weighted by molar-refractivity contribution is 0.466. The van der Waals surface area contributed by atoms with Crippen molar-refractivity contribution >= 4 is 12.2 Å². The fourth-order valence-electron chi connectivity index (χ4n) is 1.42. The largest absolute Gasteiger partial charge is 0.414 e. The SMILES string of the molecule is CCCCCCCCc1n[nH]c(=S)o1. The number of aromatic nitrogens is 2. The highest BCUT2D eigenvalue weighted by molar-refractivity contribution is 7.71. The topological polar surface area (TPSA) is 41.8 Å². The lowest BCUT2D eigenvalue weighted by Crippen LogP contribution is -1.86. The number of H-pyrrole nitrogens is 1. The summed E-state index contributed by atoms with van der Waals surface area (Å²) < 4.78 is 5.16. The van der Waals surface area contributed by atoms with E-state index in [2.05, 4.69) is 17.1 Å². The van der Waals surface area contributed by atoms with Crippen LogP contribution in [0.1, 0.15) is 51.3 Å². The Labute approximate surface area is 89.9 Å². The van der Waals surface area contributed by atoms with Crippen LogP contribution in [0, 0.1) is 4.84 Å². The van der Waals surface area contributed by atoms with Crippen LogP contribution >= 0.6 is 12.2 Å². The normalized spacial score (nSPS) is 10.6. The molecule has 0 aliphatic heterocycles. The molecule has 0 spiro atoms. The van der Waals surface area contributed by atoms with Crippen LogP contribution in [0.4, 0.5) is 0 Å². The molecule has 0 fully saturated rings. The highest BCUT2D eigenvalue weighted by atomic mass is 32.1. The molecule has 80 valence electrons. The summed E-state index contributed by atoms with van der Waals surface area (Å²) in [7, 11) is 0. The van der Waals surface area contributed by atoms with Gasteiger partial charge in [-0.2, -0.15) is 0 Å². The van der Waals surface area contributed by atoms with Crippen LogP contribution in [0.25, 0.3) is 0 Å². The van der Waals surface area contributed by atoms with Crippen LogP contribution in [0.15, 0.2) is 4.42 Å². The van der Waals surface area contributed by atoms with Crippen molar-refractivity contribution in [2.24, 2.45) is 0 Å². The molecule has 0 radical (unpaired) electrons. The smallest absolute Gasteiger partial charge is 0.284 e. The highest BCUT2D eigenvalue weighted by Crippen LogP contribution is 2.08. The molecule has 4 heteroatoms. The summed E-state index contributed by atoms with van der Waals surface area (Å²) in [5.41, 5.74) is 0. The van der Waals surface area contributed by atoms with Crippen LogP contribution in [-0.2, 0) is 6.42 Å². The first-order chi connectivity index (χ1) is 6.83. The average Bonchev–Trinajstić information content (AvgIpc) is 2.58. The predicted octanol–water partition coefficient (Wildman–Crippen LogP) is 3.64. The van der Waals surface area contributed by atoms with Crippen molar-refractivity contribution < 1.29 is 4.42 Å². The molecule has 0 saturated heterocycles. The maximum atomic E-state index is 5.16. The van der Waals surface area contributed by atoms with Crippen LogP contribution < -0.4 is 0 Å². The van der Waals surface area contributed by atoms with Gasteiger partial charge in [0.25, 0.3) is 4.84 Å². The molecule has 14 heavy (non-hydrogen) atoms. The Hall–Kier alpha value is -0.640. The van der Waals surface area contributed by atoms with Crippen molar-refractivity contribution in [2.45, 2.75) is 51.9 Å². The molecule has 0 bridgehead atoms. The minimum atomic E-state index is 0.381. The maximum absolute atomic E-state index is 5.16. The van der Waals surface area contributed by atoms with E-state index in [1.165, 1.54) is 32.1 Å². The molecule has 0 saturated carbocycles. The Morgan fingerprint density at radius 2 is 1.93 bits per heavy atom. The van der Waals surface area contributed by atoms with Gasteiger partial charge < -0.3 is 4.42 Å². The van der Waals surface area contributed by atoms with Gasteiger partial charge in [0.1, 0.15) is 0 Å². The van der Waals surface area contributed by atoms with E-state index in [9.17, 15) is 0 Å². The van der Waals surface area contributed by atoms with Crippen LogP contribution in [0.5, 0.6) is 0 Å². The van der Waals surface area contributed by atoms with E-state index in [4.69, 9.17) is 16.6 Å². The second-order valence-corrected chi connectivity index (χ2v) is 3.90. The first-order valence-corrected chi connectivity index (χ1v) is 5.78. The summed E-state index contributed by atoms with van der Waals surface area (Å²) in [5.74, 6) is 0.741. The molecule has 0 aliphatic rings. The first-order valence-electron chi connectivity index (χ1n) is 5.37. The van der Waals surface area contributed by atoms with Gasteiger partial charge in [0, 0.05) is 6.42 Å². The number of aryl methyl sites for hydroxylation is 1. The minimum absolute atomic E-state index is 0.381. The van der Waals surface area contributed by atoms with Crippen LogP contribution in [0.2, 0.25) is 0 Å². The van der Waals surface area contributed by atoms with E-state index >= 15 is 0 Å². The van der Waals surface area contributed by atoms with Gasteiger partial charge >= 0.3 is 0 Å². The number of hydrogen-bond donors (Lipinski definition) is 1. The zero-order valence-electron chi connectivity index (χ0n) is 8.71. The number of unbranched alkanes of at least 4 members (excludes halogenated alkanes) is 5. The molecule has 3 nitrogen and oxygen atoms in total. The van der Waals surface area contributed by atoms with Crippen molar-refractivity contribution in [1.29, 1.82) is 0 Å². The van der Waals surface area contributed by atoms with E-state index in [-0.39, 0.29) is 0 Å². The molecule has 1 aromatic heterocycles. The van der Waals surface area contributed by atoms with Gasteiger partial charge in [-0.15, -0.1) is 5.10 Å². The Morgan fingerprint density at radius 3 is 2.57 bits per heavy atom. The summed E-state index contributed by atoms with van der Waals surface area (Å²) in [6.45, 7) is 2.23. The molecular formula is C10H18N2OS. The van der Waals surface area contributed by atoms with Gasteiger partial charge in [0.15, 0.2) is 0 Å². The third-order valence-electron chi connectivity index (χ3n) is 2.23. The van der Waals surface area contributed by atoms with Gasteiger partial charge in [0.05, 0.1) is 0 Å². The molecule has 1 aromatic rings. The maximum Gasteiger partial charge on any atom is 0.284 e. The Balaban J connectivity index is 2.02. The summed E-state index contributed by atoms with van der Waals surface area (Å²) in [4.78, 5) is 0.381. The molecular weight excluding hydrogens is 196 g/mol. The molecule has 1 heterocycles. The quantitative estimate of drug-likeness (QED) is 0.556. The number of hydrogen-bond acceptors (Lipinski definition) is 3. The molecule has 1 N–H and O–H groups in total. The molecule has 0 aliphatic carbocycles. The Kier molecular flexibility index (Phi) is 5.52. The van der Waals surface area contributed by atoms with Crippen molar-refractivity contribution in [2.75, 3.05) is 0 Å². The molecule has 0 unspecified atom stereocenters. The van der Waals surface area contributed by atoms with E-state index in [1.807, 2.05) is 0 Å². The minimum Gasteiger partial charge on any atom is -0.414 e. The summed E-state index contributed by atoms with van der Waals surface area (Å²) in [5, 5.41) is 6.58. The lowest BCUT2D eigenvalue weighted by atomic mass is 10.1. The second-order valence-electron chi connectivity index (χ2n) is 3.52. The Morgan fingerprint density at radius 1 is 1.21 bits per heavy atom. The van der Waals surface area contributed by atoms with E-state index in [1.54, 1.807) is 0 Å². The molecule has 0 atom stereocenters. The van der Waals surface area contributed by atoms with Crippen LogP contribution in [0.3, 0.4) is 0 Å². The Bertz CT molecular complexity index is 292. The summed E-state index contributed by atoms with van der Waals surface area (Å²) in [6, 6.07) is 0. The lowest BCUT2D eigenvalue weighted by Gasteiger charge is -1.97. The fourth-order valence-corrected chi connectivity index (χ4v) is 1.57.